The van der Waals surface area contributed by atoms with Crippen LogP contribution in [0.5, 0.6) is 5.75 Å². The molecule has 1 aliphatic carbocycles. The second-order valence-electron chi connectivity index (χ2n) is 10.5. The maximum Gasteiger partial charge on any atom is 0.339 e. The van der Waals surface area contributed by atoms with Crippen molar-refractivity contribution < 1.29 is 13.9 Å². The van der Waals surface area contributed by atoms with E-state index in [0.717, 1.165) is 55.0 Å². The number of carbonyl (C=O) groups is 1. The third kappa shape index (κ3) is 4.79. The van der Waals surface area contributed by atoms with Gasteiger partial charge in [-0.15, -0.1) is 0 Å². The molecule has 1 fully saturated rings. The van der Waals surface area contributed by atoms with Crippen LogP contribution < -0.4 is 21.0 Å². The molecule has 6 heteroatoms. The summed E-state index contributed by atoms with van der Waals surface area (Å²) in [5, 5.41) is 7.76. The summed E-state index contributed by atoms with van der Waals surface area (Å²) in [5.74, 6) is 0.394. The van der Waals surface area contributed by atoms with Crippen LogP contribution in [-0.4, -0.2) is 29.1 Å². The van der Waals surface area contributed by atoms with Gasteiger partial charge in [-0.2, -0.15) is 0 Å². The Bertz CT molecular complexity index is 1040. The van der Waals surface area contributed by atoms with Crippen molar-refractivity contribution in [1.29, 1.82) is 0 Å². The minimum atomic E-state index is -0.650. The van der Waals surface area contributed by atoms with Crippen LogP contribution in [0.4, 0.5) is 0 Å². The molecular weight excluding hydrogens is 392 g/mol. The second-order valence-corrected chi connectivity index (χ2v) is 10.5. The van der Waals surface area contributed by atoms with Crippen molar-refractivity contribution in [3.8, 4) is 5.75 Å². The molecule has 168 valence electrons. The number of rotatable bonds is 4. The van der Waals surface area contributed by atoms with E-state index in [0.29, 0.717) is 11.3 Å². The van der Waals surface area contributed by atoms with E-state index in [1.165, 1.54) is 0 Å². The van der Waals surface area contributed by atoms with E-state index < -0.39 is 6.10 Å². The lowest BCUT2D eigenvalue weighted by atomic mass is 9.79. The predicted molar refractivity (Wildman–Crippen MR) is 122 cm³/mol. The van der Waals surface area contributed by atoms with Crippen LogP contribution in [0.1, 0.15) is 71.4 Å². The Hall–Kier alpha value is -2.34. The van der Waals surface area contributed by atoms with Crippen LogP contribution in [-0.2, 0) is 17.6 Å². The van der Waals surface area contributed by atoms with E-state index in [4.69, 9.17) is 9.15 Å². The zero-order valence-corrected chi connectivity index (χ0v) is 19.3. The highest BCUT2D eigenvalue weighted by Crippen LogP contribution is 2.30. The smallest absolute Gasteiger partial charge is 0.339 e. The van der Waals surface area contributed by atoms with Crippen LogP contribution in [0.3, 0.4) is 0 Å². The van der Waals surface area contributed by atoms with Gasteiger partial charge < -0.3 is 19.8 Å². The number of carbonyl (C=O) groups excluding carboxylic acids is 1. The average Bonchev–Trinajstić information content (AvgIpc) is 2.65. The van der Waals surface area contributed by atoms with E-state index in [-0.39, 0.29) is 28.7 Å². The van der Waals surface area contributed by atoms with Gasteiger partial charge in [0.2, 0.25) is 0 Å². The molecule has 1 atom stereocenters. The Balaban J connectivity index is 1.47. The van der Waals surface area contributed by atoms with Gasteiger partial charge in [0.1, 0.15) is 11.3 Å². The van der Waals surface area contributed by atoms with Gasteiger partial charge in [-0.05, 0) is 90.8 Å². The van der Waals surface area contributed by atoms with E-state index in [1.807, 2.05) is 12.1 Å². The molecule has 4 rings (SSSR count). The Morgan fingerprint density at radius 2 is 1.77 bits per heavy atom. The molecule has 6 nitrogen and oxygen atoms in total. The molecule has 1 aromatic heterocycles. The summed E-state index contributed by atoms with van der Waals surface area (Å²) in [5.41, 5.74) is 2.11. The first-order valence-corrected chi connectivity index (χ1v) is 11.4. The van der Waals surface area contributed by atoms with Crippen molar-refractivity contribution in [3.05, 3.63) is 39.7 Å². The maximum absolute atomic E-state index is 12.8. The molecular formula is C25H34N2O4. The molecule has 0 radical (unpaired) electrons. The van der Waals surface area contributed by atoms with Crippen molar-refractivity contribution in [2.24, 2.45) is 0 Å². The molecule has 0 saturated carbocycles. The molecule has 2 aromatic rings. The summed E-state index contributed by atoms with van der Waals surface area (Å²) in [4.78, 5) is 25.2. The highest BCUT2D eigenvalue weighted by Gasteiger charge is 2.38. The molecule has 0 spiro atoms. The third-order valence-corrected chi connectivity index (χ3v) is 6.41. The number of benzene rings is 1. The van der Waals surface area contributed by atoms with E-state index in [2.05, 4.69) is 38.3 Å². The Labute approximate surface area is 183 Å². The number of ether oxygens (including phenoxy) is 1. The summed E-state index contributed by atoms with van der Waals surface area (Å²) in [6, 6.07) is 5.62. The number of hydrogen-bond donors (Lipinski definition) is 2. The first-order valence-electron chi connectivity index (χ1n) is 11.4. The number of fused-ring (bicyclic) bond motifs is 3. The number of nitrogens with one attached hydrogen (secondary N) is 2. The summed E-state index contributed by atoms with van der Waals surface area (Å²) >= 11 is 0. The molecule has 2 aliphatic rings. The summed E-state index contributed by atoms with van der Waals surface area (Å²) in [6.07, 6.45) is 4.88. The molecule has 1 aromatic carbocycles. The Morgan fingerprint density at radius 1 is 1.13 bits per heavy atom. The monoisotopic (exact) mass is 426 g/mol. The molecule has 1 saturated heterocycles. The van der Waals surface area contributed by atoms with Gasteiger partial charge in [0.25, 0.3) is 5.91 Å². The van der Waals surface area contributed by atoms with Crippen LogP contribution in [0.25, 0.3) is 11.0 Å². The number of aryl methyl sites for hydroxylation is 1. The van der Waals surface area contributed by atoms with Gasteiger partial charge in [-0.1, -0.05) is 0 Å². The van der Waals surface area contributed by atoms with Crippen molar-refractivity contribution in [1.82, 2.24) is 10.6 Å². The fraction of sp³-hybridized carbons (Fsp3) is 0.600. The first kappa shape index (κ1) is 21.9. The minimum Gasteiger partial charge on any atom is -0.481 e. The highest BCUT2D eigenvalue weighted by atomic mass is 16.5. The van der Waals surface area contributed by atoms with Crippen LogP contribution in [0.15, 0.2) is 27.4 Å². The van der Waals surface area contributed by atoms with Gasteiger partial charge in [0.05, 0.1) is 0 Å². The highest BCUT2D eigenvalue weighted by molar-refractivity contribution is 5.84. The quantitative estimate of drug-likeness (QED) is 0.726. The van der Waals surface area contributed by atoms with Crippen LogP contribution in [0.2, 0.25) is 0 Å². The van der Waals surface area contributed by atoms with E-state index in [9.17, 15) is 9.59 Å². The van der Waals surface area contributed by atoms with E-state index >= 15 is 0 Å². The molecule has 2 heterocycles. The lowest BCUT2D eigenvalue weighted by molar-refractivity contribution is -0.128. The fourth-order valence-corrected chi connectivity index (χ4v) is 5.50. The Kier molecular flexibility index (Phi) is 5.63. The van der Waals surface area contributed by atoms with Gasteiger partial charge in [-0.3, -0.25) is 4.79 Å². The minimum absolute atomic E-state index is 0.0428. The van der Waals surface area contributed by atoms with Crippen molar-refractivity contribution in [2.75, 3.05) is 0 Å². The molecule has 0 bridgehead atoms. The second kappa shape index (κ2) is 7.97. The molecule has 2 N–H and O–H groups in total. The zero-order chi connectivity index (χ0) is 22.4. The van der Waals surface area contributed by atoms with Crippen molar-refractivity contribution in [3.63, 3.8) is 0 Å². The average molecular weight is 427 g/mol. The SMILES string of the molecule is C[C@H](Oc1ccc2c3c(c(=O)oc2c1)CCCC3)C(=O)NC1CC(C)(C)NC(C)(C)C1. The largest absolute Gasteiger partial charge is 0.481 e. The molecule has 1 amide bonds. The molecule has 0 unspecified atom stereocenters. The normalized spacial score (nSPS) is 21.3. The van der Waals surface area contributed by atoms with Crippen molar-refractivity contribution in [2.45, 2.75) is 96.4 Å². The molecule has 31 heavy (non-hydrogen) atoms. The number of hydrogen-bond acceptors (Lipinski definition) is 5. The lowest BCUT2D eigenvalue weighted by Crippen LogP contribution is -2.62. The van der Waals surface area contributed by atoms with Gasteiger partial charge in [0.15, 0.2) is 6.10 Å². The van der Waals surface area contributed by atoms with E-state index in [1.54, 1.807) is 13.0 Å². The van der Waals surface area contributed by atoms with Crippen molar-refractivity contribution >= 4 is 16.9 Å². The zero-order valence-electron chi connectivity index (χ0n) is 19.3. The maximum atomic E-state index is 12.8. The standard InChI is InChI=1S/C25H34N2O4/c1-15(22(28)26-16-13-24(2,3)27-25(4,5)14-16)30-17-10-11-19-18-8-6-7-9-20(18)23(29)31-21(19)12-17/h10-12,15-16,27H,6-9,13-14H2,1-5H3,(H,26,28)/t15-/m0/s1. The fourth-order valence-electron chi connectivity index (χ4n) is 5.50. The van der Waals surface area contributed by atoms with Gasteiger partial charge >= 0.3 is 5.63 Å². The van der Waals surface area contributed by atoms with Gasteiger partial charge in [-0.25, -0.2) is 4.79 Å². The number of amides is 1. The topological polar surface area (TPSA) is 80.6 Å². The van der Waals surface area contributed by atoms with Crippen LogP contribution in [0, 0.1) is 0 Å². The number of piperidine rings is 1. The summed E-state index contributed by atoms with van der Waals surface area (Å²) < 4.78 is 11.5. The predicted octanol–water partition coefficient (Wildman–Crippen LogP) is 3.86. The summed E-state index contributed by atoms with van der Waals surface area (Å²) in [6.45, 7) is 10.4. The third-order valence-electron chi connectivity index (χ3n) is 6.41. The summed E-state index contributed by atoms with van der Waals surface area (Å²) in [7, 11) is 0. The lowest BCUT2D eigenvalue weighted by Gasteiger charge is -2.46. The first-order chi connectivity index (χ1) is 14.5. The van der Waals surface area contributed by atoms with Crippen LogP contribution >= 0.6 is 0 Å². The molecule has 1 aliphatic heterocycles. The van der Waals surface area contributed by atoms with Gasteiger partial charge in [0, 0.05) is 34.1 Å². The Morgan fingerprint density at radius 3 is 2.45 bits per heavy atom.